The summed E-state index contributed by atoms with van der Waals surface area (Å²) in [5.74, 6) is -0.0113. The van der Waals surface area contributed by atoms with Crippen molar-refractivity contribution >= 4 is 11.8 Å². The summed E-state index contributed by atoms with van der Waals surface area (Å²) in [6, 6.07) is 0. The van der Waals surface area contributed by atoms with Crippen LogP contribution < -0.4 is 0 Å². The fraction of sp³-hybridized carbons (Fsp3) is 0.857. The Hall–Kier alpha value is -0.940. The Morgan fingerprint density at radius 1 is 0.947 bits per heavy atom. The first-order valence-corrected chi connectivity index (χ1v) is 6.44. The summed E-state index contributed by atoms with van der Waals surface area (Å²) in [7, 11) is 0. The maximum Gasteiger partial charge on any atom is 0.307 e. The van der Waals surface area contributed by atoms with Gasteiger partial charge in [-0.3, -0.25) is 9.59 Å². The predicted molar refractivity (Wildman–Crippen MR) is 76.0 cm³/mol. The van der Waals surface area contributed by atoms with Crippen LogP contribution in [0.25, 0.3) is 0 Å². The van der Waals surface area contributed by atoms with E-state index < -0.39 is 0 Å². The van der Waals surface area contributed by atoms with Gasteiger partial charge in [-0.25, -0.2) is 0 Å². The molecule has 0 aromatic rings. The first-order chi connectivity index (χ1) is 8.62. The van der Waals surface area contributed by atoms with E-state index in [4.69, 9.17) is 9.47 Å². The van der Waals surface area contributed by atoms with Crippen molar-refractivity contribution in [1.29, 1.82) is 0 Å². The molecule has 0 aliphatic heterocycles. The average molecular weight is 278 g/mol. The van der Waals surface area contributed by atoms with E-state index in [2.05, 4.69) is 4.74 Å². The van der Waals surface area contributed by atoms with Crippen LogP contribution in [0.2, 0.25) is 0 Å². The molecular formula is C14H30O5. The molecule has 5 heteroatoms. The Balaban J connectivity index is -0.000000256. The van der Waals surface area contributed by atoms with Crippen LogP contribution in [-0.2, 0) is 23.8 Å². The monoisotopic (exact) mass is 278 g/mol. The summed E-state index contributed by atoms with van der Waals surface area (Å²) >= 11 is 0. The molecule has 0 bridgehead atoms. The zero-order valence-corrected chi connectivity index (χ0v) is 12.0. The molecule has 0 saturated carbocycles. The molecule has 0 heterocycles. The van der Waals surface area contributed by atoms with E-state index in [1.54, 1.807) is 6.92 Å². The molecule has 5 nitrogen and oxygen atoms in total. The largest absolute Gasteiger partial charge is 0.438 e. The maximum absolute atomic E-state index is 10.7. The van der Waals surface area contributed by atoms with E-state index >= 15 is 0 Å². The average Bonchev–Trinajstić information content (AvgIpc) is 2.37. The summed E-state index contributed by atoms with van der Waals surface area (Å²) in [5.41, 5.74) is 0. The zero-order chi connectivity index (χ0) is 14.2. The topological polar surface area (TPSA) is 61.8 Å². The van der Waals surface area contributed by atoms with Crippen molar-refractivity contribution in [2.75, 3.05) is 26.6 Å². The number of ether oxygens (including phenoxy) is 3. The Kier molecular flexibility index (Phi) is 23.7. The highest BCUT2D eigenvalue weighted by atomic mass is 16.7. The minimum Gasteiger partial charge on any atom is -0.438 e. The van der Waals surface area contributed by atoms with E-state index in [1.807, 2.05) is 20.8 Å². The molecule has 0 amide bonds. The molecule has 0 unspecified atom stereocenters. The van der Waals surface area contributed by atoms with Crippen LogP contribution >= 0.6 is 0 Å². The van der Waals surface area contributed by atoms with Gasteiger partial charge in [0.05, 0.1) is 0 Å². The van der Waals surface area contributed by atoms with Crippen LogP contribution in [0.15, 0.2) is 0 Å². The number of ketones is 1. The highest BCUT2D eigenvalue weighted by Gasteiger charge is 1.97. The maximum atomic E-state index is 10.7. The lowest BCUT2D eigenvalue weighted by atomic mass is 10.2. The number of hydrogen-bond donors (Lipinski definition) is 0. The van der Waals surface area contributed by atoms with Crippen LogP contribution in [0.3, 0.4) is 0 Å². The Bertz CT molecular complexity index is 204. The van der Waals surface area contributed by atoms with Gasteiger partial charge >= 0.3 is 5.97 Å². The second-order valence-electron chi connectivity index (χ2n) is 3.41. The first kappa shape index (κ1) is 23.2. The van der Waals surface area contributed by atoms with Crippen LogP contribution in [0.5, 0.6) is 0 Å². The summed E-state index contributed by atoms with van der Waals surface area (Å²) in [5, 5.41) is 0. The SMILES string of the molecule is C.CCCC(=O)COCC.CCOCOC(=O)CC. The van der Waals surface area contributed by atoms with Crippen molar-refractivity contribution in [1.82, 2.24) is 0 Å². The van der Waals surface area contributed by atoms with E-state index in [0.717, 1.165) is 6.42 Å². The molecule has 0 fully saturated rings. The van der Waals surface area contributed by atoms with Crippen LogP contribution in [-0.4, -0.2) is 38.4 Å². The molecule has 0 rings (SSSR count). The molecule has 0 aromatic carbocycles. The number of Topliss-reactive ketones (excluding diaryl/α,β-unsaturated/α-hetero) is 1. The summed E-state index contributed by atoms with van der Waals surface area (Å²) in [6.45, 7) is 9.07. The minimum atomic E-state index is -0.219. The third-order valence-electron chi connectivity index (χ3n) is 1.79. The van der Waals surface area contributed by atoms with E-state index in [0.29, 0.717) is 32.7 Å². The number of carbonyl (C=O) groups is 2. The number of rotatable bonds is 9. The Morgan fingerprint density at radius 3 is 1.95 bits per heavy atom. The van der Waals surface area contributed by atoms with Gasteiger partial charge in [-0.15, -0.1) is 0 Å². The summed E-state index contributed by atoms with van der Waals surface area (Å²) in [6.07, 6.45) is 1.99. The molecule has 0 aliphatic rings. The lowest BCUT2D eigenvalue weighted by Gasteiger charge is -2.00. The van der Waals surface area contributed by atoms with Crippen molar-refractivity contribution in [3.05, 3.63) is 0 Å². The van der Waals surface area contributed by atoms with Crippen LogP contribution in [0.1, 0.15) is 54.4 Å². The highest BCUT2D eigenvalue weighted by Crippen LogP contribution is 1.89. The van der Waals surface area contributed by atoms with Gasteiger partial charge in [0.2, 0.25) is 0 Å². The third kappa shape index (κ3) is 22.7. The van der Waals surface area contributed by atoms with Gasteiger partial charge in [0.25, 0.3) is 0 Å². The van der Waals surface area contributed by atoms with Gasteiger partial charge in [0.1, 0.15) is 6.61 Å². The number of carbonyl (C=O) groups excluding carboxylic acids is 2. The van der Waals surface area contributed by atoms with E-state index in [1.165, 1.54) is 0 Å². The van der Waals surface area contributed by atoms with Gasteiger partial charge in [-0.05, 0) is 20.3 Å². The van der Waals surface area contributed by atoms with Gasteiger partial charge < -0.3 is 14.2 Å². The molecular weight excluding hydrogens is 248 g/mol. The molecule has 0 saturated heterocycles. The molecule has 0 aliphatic carbocycles. The normalized spacial score (nSPS) is 8.84. The quantitative estimate of drug-likeness (QED) is 0.368. The van der Waals surface area contributed by atoms with Crippen LogP contribution in [0, 0.1) is 0 Å². The van der Waals surface area contributed by atoms with E-state index in [9.17, 15) is 9.59 Å². The molecule has 0 spiro atoms. The van der Waals surface area contributed by atoms with Gasteiger partial charge in [-0.2, -0.15) is 0 Å². The van der Waals surface area contributed by atoms with Crippen molar-refractivity contribution in [3.8, 4) is 0 Å². The molecule has 116 valence electrons. The predicted octanol–water partition coefficient (Wildman–Crippen LogP) is 2.96. The minimum absolute atomic E-state index is 0. The zero-order valence-electron chi connectivity index (χ0n) is 12.0. The van der Waals surface area contributed by atoms with Gasteiger partial charge in [-0.1, -0.05) is 21.3 Å². The van der Waals surface area contributed by atoms with Gasteiger partial charge in [0, 0.05) is 26.1 Å². The lowest BCUT2D eigenvalue weighted by Crippen LogP contribution is -2.07. The number of esters is 1. The fourth-order valence-corrected chi connectivity index (χ4v) is 0.860. The summed E-state index contributed by atoms with van der Waals surface area (Å²) in [4.78, 5) is 21.1. The third-order valence-corrected chi connectivity index (χ3v) is 1.79. The van der Waals surface area contributed by atoms with Crippen molar-refractivity contribution < 1.29 is 23.8 Å². The van der Waals surface area contributed by atoms with Crippen molar-refractivity contribution in [3.63, 3.8) is 0 Å². The standard InChI is InChI=1S/C7H14O2.C6H12O3.CH4/c1-3-5-7(8)6-9-4-2;1-3-6(7)9-5-8-4-2;/h3-6H2,1-2H3;3-5H2,1-2H3;1H4. The smallest absolute Gasteiger partial charge is 0.307 e. The highest BCUT2D eigenvalue weighted by molar-refractivity contribution is 5.79. The second kappa shape index (κ2) is 19.4. The summed E-state index contributed by atoms with van der Waals surface area (Å²) < 4.78 is 14.2. The molecule has 0 aromatic heterocycles. The second-order valence-corrected chi connectivity index (χ2v) is 3.41. The molecule has 19 heavy (non-hydrogen) atoms. The Morgan fingerprint density at radius 2 is 1.53 bits per heavy atom. The molecule has 0 N–H and O–H groups in total. The number of hydrogen-bond acceptors (Lipinski definition) is 5. The fourth-order valence-electron chi connectivity index (χ4n) is 0.860. The van der Waals surface area contributed by atoms with E-state index in [-0.39, 0.29) is 26.0 Å². The van der Waals surface area contributed by atoms with Gasteiger partial charge in [0.15, 0.2) is 12.6 Å². The Labute approximate surface area is 117 Å². The molecule has 0 atom stereocenters. The van der Waals surface area contributed by atoms with Crippen molar-refractivity contribution in [2.24, 2.45) is 0 Å². The lowest BCUT2D eigenvalue weighted by molar-refractivity contribution is -0.155. The molecule has 0 radical (unpaired) electrons. The van der Waals surface area contributed by atoms with Crippen molar-refractivity contribution in [2.45, 2.75) is 54.4 Å². The first-order valence-electron chi connectivity index (χ1n) is 6.44. The van der Waals surface area contributed by atoms with Crippen LogP contribution in [0.4, 0.5) is 0 Å².